The van der Waals surface area contributed by atoms with Crippen LogP contribution < -0.4 is 4.80 Å². The molecular weight excluding hydrogens is 418 g/mol. The molecule has 0 N–H and O–H groups in total. The smallest absolute Gasteiger partial charge is 0.326 e. The Morgan fingerprint density at radius 1 is 1.13 bits per heavy atom. The molecule has 0 fully saturated rings. The van der Waals surface area contributed by atoms with Crippen molar-refractivity contribution in [1.29, 1.82) is 0 Å². The Labute approximate surface area is 180 Å². The number of benzene rings is 3. The highest BCUT2D eigenvalue weighted by Gasteiger charge is 2.16. The molecule has 4 aromatic rings. The molecule has 3 aromatic carbocycles. The van der Waals surface area contributed by atoms with Crippen LogP contribution in [0.25, 0.3) is 21.0 Å². The average Bonchev–Trinajstić information content (AvgIpc) is 3.09. The van der Waals surface area contributed by atoms with E-state index in [1.807, 2.05) is 30.3 Å². The zero-order chi connectivity index (χ0) is 22.0. The van der Waals surface area contributed by atoms with E-state index < -0.39 is 16.8 Å². The SMILES string of the molecule is CCOC(=O)Cn1c(=NC(=O)c2cccc3ccccc23)sc2cc([N+](=O)[O-])ccc21. The summed E-state index contributed by atoms with van der Waals surface area (Å²) in [5.74, 6) is -0.949. The van der Waals surface area contributed by atoms with Gasteiger partial charge in [0.25, 0.3) is 11.6 Å². The summed E-state index contributed by atoms with van der Waals surface area (Å²) in [5, 5.41) is 12.8. The predicted molar refractivity (Wildman–Crippen MR) is 117 cm³/mol. The molecule has 4 rings (SSSR count). The van der Waals surface area contributed by atoms with Crippen LogP contribution in [0.4, 0.5) is 5.69 Å². The van der Waals surface area contributed by atoms with E-state index in [1.54, 1.807) is 29.7 Å². The van der Waals surface area contributed by atoms with Crippen molar-refractivity contribution in [3.63, 3.8) is 0 Å². The third kappa shape index (κ3) is 4.08. The molecule has 0 radical (unpaired) electrons. The van der Waals surface area contributed by atoms with Crippen molar-refractivity contribution in [2.24, 2.45) is 4.99 Å². The maximum absolute atomic E-state index is 13.0. The molecule has 8 nitrogen and oxygen atoms in total. The topological polar surface area (TPSA) is 104 Å². The number of fused-ring (bicyclic) bond motifs is 2. The molecule has 0 bridgehead atoms. The van der Waals surface area contributed by atoms with Gasteiger partial charge in [-0.15, -0.1) is 0 Å². The van der Waals surface area contributed by atoms with Gasteiger partial charge >= 0.3 is 5.97 Å². The zero-order valence-corrected chi connectivity index (χ0v) is 17.3. The van der Waals surface area contributed by atoms with Gasteiger partial charge in [0.15, 0.2) is 4.80 Å². The van der Waals surface area contributed by atoms with Crippen LogP contribution in [0.1, 0.15) is 17.3 Å². The number of hydrogen-bond donors (Lipinski definition) is 0. The third-order valence-electron chi connectivity index (χ3n) is 4.69. The highest BCUT2D eigenvalue weighted by Crippen LogP contribution is 2.24. The van der Waals surface area contributed by atoms with Crippen molar-refractivity contribution >= 4 is 49.9 Å². The summed E-state index contributed by atoms with van der Waals surface area (Å²) in [5.41, 5.74) is 0.918. The maximum atomic E-state index is 13.0. The van der Waals surface area contributed by atoms with Crippen LogP contribution in [-0.4, -0.2) is 28.0 Å². The Morgan fingerprint density at radius 2 is 1.90 bits per heavy atom. The van der Waals surface area contributed by atoms with Crippen LogP contribution >= 0.6 is 11.3 Å². The summed E-state index contributed by atoms with van der Waals surface area (Å²) >= 11 is 1.11. The van der Waals surface area contributed by atoms with E-state index in [-0.39, 0.29) is 23.6 Å². The molecule has 31 heavy (non-hydrogen) atoms. The number of esters is 1. The van der Waals surface area contributed by atoms with Crippen LogP contribution in [0.2, 0.25) is 0 Å². The lowest BCUT2D eigenvalue weighted by Gasteiger charge is -2.05. The van der Waals surface area contributed by atoms with Crippen LogP contribution in [0.3, 0.4) is 0 Å². The second-order valence-electron chi connectivity index (χ2n) is 6.63. The first-order valence-corrected chi connectivity index (χ1v) is 10.3. The lowest BCUT2D eigenvalue weighted by molar-refractivity contribution is -0.384. The fourth-order valence-electron chi connectivity index (χ4n) is 3.31. The number of amides is 1. The molecule has 0 aliphatic rings. The number of carbonyl (C=O) groups is 2. The first-order valence-electron chi connectivity index (χ1n) is 9.48. The van der Waals surface area contributed by atoms with E-state index in [2.05, 4.69) is 4.99 Å². The van der Waals surface area contributed by atoms with Gasteiger partial charge in [-0.1, -0.05) is 47.7 Å². The second-order valence-corrected chi connectivity index (χ2v) is 7.64. The third-order valence-corrected chi connectivity index (χ3v) is 5.73. The van der Waals surface area contributed by atoms with Crippen molar-refractivity contribution in [1.82, 2.24) is 4.57 Å². The fraction of sp³-hybridized carbons (Fsp3) is 0.136. The highest BCUT2D eigenvalue weighted by atomic mass is 32.1. The Bertz CT molecular complexity index is 1400. The first-order chi connectivity index (χ1) is 15.0. The monoisotopic (exact) mass is 435 g/mol. The van der Waals surface area contributed by atoms with E-state index in [4.69, 9.17) is 4.74 Å². The lowest BCUT2D eigenvalue weighted by Crippen LogP contribution is -2.23. The van der Waals surface area contributed by atoms with Gasteiger partial charge in [0, 0.05) is 17.7 Å². The lowest BCUT2D eigenvalue weighted by atomic mass is 10.0. The summed E-state index contributed by atoms with van der Waals surface area (Å²) in [6.45, 7) is 1.76. The Balaban J connectivity index is 1.88. The van der Waals surface area contributed by atoms with Crippen LogP contribution in [0.5, 0.6) is 0 Å². The minimum Gasteiger partial charge on any atom is -0.465 e. The zero-order valence-electron chi connectivity index (χ0n) is 16.5. The van der Waals surface area contributed by atoms with E-state index in [0.717, 1.165) is 22.1 Å². The molecule has 1 aromatic heterocycles. The van der Waals surface area contributed by atoms with Crippen LogP contribution in [0, 0.1) is 10.1 Å². The Hall–Kier alpha value is -3.85. The molecule has 0 atom stereocenters. The molecule has 0 saturated heterocycles. The molecule has 9 heteroatoms. The van der Waals surface area contributed by atoms with E-state index in [0.29, 0.717) is 15.8 Å². The highest BCUT2D eigenvalue weighted by molar-refractivity contribution is 7.16. The summed E-state index contributed by atoms with van der Waals surface area (Å²) in [6, 6.07) is 17.2. The van der Waals surface area contributed by atoms with E-state index in [1.165, 1.54) is 12.1 Å². The van der Waals surface area contributed by atoms with Gasteiger partial charge in [0.2, 0.25) is 0 Å². The molecule has 0 spiro atoms. The summed E-state index contributed by atoms with van der Waals surface area (Å²) < 4.78 is 7.13. The number of hydrogen-bond acceptors (Lipinski definition) is 6. The molecule has 156 valence electrons. The molecule has 0 aliphatic heterocycles. The predicted octanol–water partition coefficient (Wildman–Crippen LogP) is 4.07. The quantitative estimate of drug-likeness (QED) is 0.267. The summed E-state index contributed by atoms with van der Waals surface area (Å²) in [4.78, 5) is 40.4. The van der Waals surface area contributed by atoms with Gasteiger partial charge in [-0.25, -0.2) is 0 Å². The number of carbonyl (C=O) groups excluding carboxylic acids is 2. The van der Waals surface area contributed by atoms with Crippen LogP contribution in [0.15, 0.2) is 65.7 Å². The standard InChI is InChI=1S/C22H17N3O5S/c1-2-30-20(26)13-24-18-11-10-15(25(28)29)12-19(18)31-22(24)23-21(27)17-9-5-7-14-6-3-4-8-16(14)17/h3-12H,2,13H2,1H3. The van der Waals surface area contributed by atoms with Crippen molar-refractivity contribution in [2.45, 2.75) is 13.5 Å². The number of non-ortho nitro benzene ring substituents is 1. The minimum atomic E-state index is -0.493. The van der Waals surface area contributed by atoms with E-state index in [9.17, 15) is 19.7 Å². The van der Waals surface area contributed by atoms with Crippen molar-refractivity contribution in [2.75, 3.05) is 6.61 Å². The summed E-state index contributed by atoms with van der Waals surface area (Å²) in [7, 11) is 0. The number of thiazole rings is 1. The first kappa shape index (κ1) is 20.4. The van der Waals surface area contributed by atoms with Crippen LogP contribution in [-0.2, 0) is 16.1 Å². The van der Waals surface area contributed by atoms with Gasteiger partial charge in [-0.2, -0.15) is 4.99 Å². The molecule has 1 heterocycles. The molecule has 0 unspecified atom stereocenters. The minimum absolute atomic E-state index is 0.0797. The van der Waals surface area contributed by atoms with Gasteiger partial charge in [-0.3, -0.25) is 19.7 Å². The average molecular weight is 435 g/mol. The van der Waals surface area contributed by atoms with Gasteiger partial charge in [-0.05, 0) is 29.8 Å². The van der Waals surface area contributed by atoms with Gasteiger partial charge < -0.3 is 9.30 Å². The van der Waals surface area contributed by atoms with E-state index >= 15 is 0 Å². The Kier molecular flexibility index (Phi) is 5.59. The number of nitro groups is 1. The van der Waals surface area contributed by atoms with Crippen molar-refractivity contribution in [3.05, 3.63) is 81.1 Å². The number of ether oxygens (including phenoxy) is 1. The molecular formula is C22H17N3O5S. The summed E-state index contributed by atoms with van der Waals surface area (Å²) in [6.07, 6.45) is 0. The Morgan fingerprint density at radius 3 is 2.68 bits per heavy atom. The number of aromatic nitrogens is 1. The molecule has 0 saturated carbocycles. The normalized spacial score (nSPS) is 11.7. The molecule has 1 amide bonds. The maximum Gasteiger partial charge on any atom is 0.326 e. The van der Waals surface area contributed by atoms with Gasteiger partial charge in [0.05, 0.1) is 21.7 Å². The van der Waals surface area contributed by atoms with Crippen molar-refractivity contribution in [3.8, 4) is 0 Å². The fourth-order valence-corrected chi connectivity index (χ4v) is 4.37. The van der Waals surface area contributed by atoms with Gasteiger partial charge in [0.1, 0.15) is 6.54 Å². The number of nitro benzene ring substituents is 1. The molecule has 0 aliphatic carbocycles. The second kappa shape index (κ2) is 8.49. The largest absolute Gasteiger partial charge is 0.465 e. The number of nitrogens with zero attached hydrogens (tertiary/aromatic N) is 3. The number of rotatable bonds is 5. The van der Waals surface area contributed by atoms with Crippen molar-refractivity contribution < 1.29 is 19.2 Å².